The quantitative estimate of drug-likeness (QED) is 0.726. The van der Waals surface area contributed by atoms with Crippen LogP contribution in [0, 0.1) is 5.82 Å². The molecular formula is C15H11BrF4N2O3. The van der Waals surface area contributed by atoms with Crippen molar-refractivity contribution < 1.29 is 31.6 Å². The SMILES string of the molecule is O=C(CNC(=O)c1ccc(Br)o1)NCc1ccc(F)cc1C(F)(F)F. The molecule has 1 aromatic heterocycles. The van der Waals surface area contributed by atoms with Gasteiger partial charge in [-0.2, -0.15) is 13.2 Å². The molecule has 0 bridgehead atoms. The summed E-state index contributed by atoms with van der Waals surface area (Å²) in [4.78, 5) is 23.3. The minimum atomic E-state index is -4.75. The smallest absolute Gasteiger partial charge is 0.416 e. The molecule has 0 atom stereocenters. The van der Waals surface area contributed by atoms with Crippen molar-refractivity contribution in [3.63, 3.8) is 0 Å². The molecule has 0 aliphatic carbocycles. The minimum absolute atomic E-state index is 0.0300. The van der Waals surface area contributed by atoms with E-state index in [1.165, 1.54) is 12.1 Å². The van der Waals surface area contributed by atoms with Crippen LogP contribution in [0.15, 0.2) is 39.4 Å². The molecule has 1 aromatic carbocycles. The highest BCUT2D eigenvalue weighted by molar-refractivity contribution is 9.10. The van der Waals surface area contributed by atoms with Gasteiger partial charge in [-0.3, -0.25) is 9.59 Å². The van der Waals surface area contributed by atoms with Gasteiger partial charge < -0.3 is 15.1 Å². The summed E-state index contributed by atoms with van der Waals surface area (Å²) in [6.07, 6.45) is -4.75. The fourth-order valence-corrected chi connectivity index (χ4v) is 2.21. The van der Waals surface area contributed by atoms with E-state index in [0.717, 1.165) is 12.1 Å². The molecule has 0 fully saturated rings. The van der Waals surface area contributed by atoms with E-state index in [1.54, 1.807) is 0 Å². The van der Waals surface area contributed by atoms with E-state index in [1.807, 2.05) is 0 Å². The second-order valence-corrected chi connectivity index (χ2v) is 5.64. The molecule has 0 saturated heterocycles. The van der Waals surface area contributed by atoms with Gasteiger partial charge >= 0.3 is 6.18 Å². The fraction of sp³-hybridized carbons (Fsp3) is 0.200. The maximum atomic E-state index is 13.0. The number of hydrogen-bond donors (Lipinski definition) is 2. The predicted molar refractivity (Wildman–Crippen MR) is 82.0 cm³/mol. The number of alkyl halides is 3. The number of rotatable bonds is 5. The van der Waals surface area contributed by atoms with Gasteiger partial charge in [-0.25, -0.2) is 4.39 Å². The Balaban J connectivity index is 1.91. The van der Waals surface area contributed by atoms with Crippen LogP contribution in [0.1, 0.15) is 21.7 Å². The highest BCUT2D eigenvalue weighted by Crippen LogP contribution is 2.32. The maximum Gasteiger partial charge on any atom is 0.416 e. The Bertz CT molecular complexity index is 789. The molecule has 2 amide bonds. The molecule has 0 aliphatic heterocycles. The first-order valence-corrected chi connectivity index (χ1v) is 7.62. The van der Waals surface area contributed by atoms with Crippen molar-refractivity contribution in [2.75, 3.05) is 6.54 Å². The molecule has 0 aliphatic rings. The van der Waals surface area contributed by atoms with Gasteiger partial charge in [0.05, 0.1) is 12.1 Å². The van der Waals surface area contributed by atoms with E-state index in [-0.39, 0.29) is 11.3 Å². The first-order chi connectivity index (χ1) is 11.7. The van der Waals surface area contributed by atoms with Crippen molar-refractivity contribution in [1.29, 1.82) is 0 Å². The largest absolute Gasteiger partial charge is 0.444 e. The zero-order valence-corrected chi connectivity index (χ0v) is 14.0. The van der Waals surface area contributed by atoms with Crippen molar-refractivity contribution in [2.24, 2.45) is 0 Å². The normalized spacial score (nSPS) is 11.2. The highest BCUT2D eigenvalue weighted by atomic mass is 79.9. The maximum absolute atomic E-state index is 13.0. The van der Waals surface area contributed by atoms with Gasteiger partial charge in [-0.05, 0) is 45.8 Å². The molecular weight excluding hydrogens is 412 g/mol. The summed E-state index contributed by atoms with van der Waals surface area (Å²) >= 11 is 3.01. The second kappa shape index (κ2) is 7.68. The molecule has 0 unspecified atom stereocenters. The van der Waals surface area contributed by atoms with Gasteiger partial charge in [0.2, 0.25) is 5.91 Å². The molecule has 0 radical (unpaired) electrons. The standard InChI is InChI=1S/C15H11BrF4N2O3/c16-12-4-3-11(25-12)14(24)22-7-13(23)21-6-8-1-2-9(17)5-10(8)15(18,19)20/h1-5H,6-7H2,(H,21,23)(H,22,24). The molecule has 5 nitrogen and oxygen atoms in total. The Morgan fingerprint density at radius 1 is 1.12 bits per heavy atom. The lowest BCUT2D eigenvalue weighted by molar-refractivity contribution is -0.138. The number of carbonyl (C=O) groups is 2. The lowest BCUT2D eigenvalue weighted by atomic mass is 10.1. The third-order valence-corrected chi connectivity index (χ3v) is 3.49. The Morgan fingerprint density at radius 2 is 1.84 bits per heavy atom. The van der Waals surface area contributed by atoms with Crippen molar-refractivity contribution in [3.8, 4) is 0 Å². The summed E-state index contributed by atoms with van der Waals surface area (Å²) in [5, 5.41) is 4.48. The van der Waals surface area contributed by atoms with Crippen LogP contribution >= 0.6 is 15.9 Å². The summed E-state index contributed by atoms with van der Waals surface area (Å²) in [5.41, 5.74) is -1.46. The van der Waals surface area contributed by atoms with Crippen LogP contribution < -0.4 is 10.6 Å². The van der Waals surface area contributed by atoms with Gasteiger partial charge in [-0.15, -0.1) is 0 Å². The predicted octanol–water partition coefficient (Wildman–Crippen LogP) is 3.25. The van der Waals surface area contributed by atoms with E-state index in [4.69, 9.17) is 4.42 Å². The molecule has 0 saturated carbocycles. The zero-order chi connectivity index (χ0) is 18.6. The number of hydrogen-bond acceptors (Lipinski definition) is 3. The number of nitrogens with one attached hydrogen (secondary N) is 2. The van der Waals surface area contributed by atoms with E-state index >= 15 is 0 Å². The van der Waals surface area contributed by atoms with Crippen LogP contribution in [-0.2, 0) is 17.5 Å². The van der Waals surface area contributed by atoms with E-state index in [0.29, 0.717) is 10.7 Å². The minimum Gasteiger partial charge on any atom is -0.444 e. The van der Waals surface area contributed by atoms with Crippen molar-refractivity contribution in [1.82, 2.24) is 10.6 Å². The average Bonchev–Trinajstić information content (AvgIpc) is 2.97. The van der Waals surface area contributed by atoms with E-state index < -0.39 is 42.5 Å². The summed E-state index contributed by atoms with van der Waals surface area (Å²) in [6.45, 7) is -0.921. The summed E-state index contributed by atoms with van der Waals surface area (Å²) < 4.78 is 56.9. The first-order valence-electron chi connectivity index (χ1n) is 6.82. The first kappa shape index (κ1) is 19.0. The van der Waals surface area contributed by atoms with E-state index in [9.17, 15) is 27.2 Å². The summed E-state index contributed by atoms with van der Waals surface area (Å²) in [6, 6.07) is 5.04. The second-order valence-electron chi connectivity index (χ2n) is 4.86. The molecule has 134 valence electrons. The van der Waals surface area contributed by atoms with Crippen LogP contribution in [0.5, 0.6) is 0 Å². The Hall–Kier alpha value is -2.36. The lowest BCUT2D eigenvalue weighted by Crippen LogP contribution is -2.36. The fourth-order valence-electron chi connectivity index (χ4n) is 1.91. The number of benzene rings is 1. The van der Waals surface area contributed by atoms with Crippen molar-refractivity contribution in [3.05, 3.63) is 57.7 Å². The highest BCUT2D eigenvalue weighted by Gasteiger charge is 2.33. The average molecular weight is 423 g/mol. The van der Waals surface area contributed by atoms with Gasteiger partial charge in [0.1, 0.15) is 5.82 Å². The molecule has 0 spiro atoms. The Morgan fingerprint density at radius 3 is 2.44 bits per heavy atom. The van der Waals surface area contributed by atoms with Gasteiger partial charge in [-0.1, -0.05) is 6.07 Å². The molecule has 2 aromatic rings. The van der Waals surface area contributed by atoms with Crippen LogP contribution in [0.2, 0.25) is 0 Å². The monoisotopic (exact) mass is 422 g/mol. The van der Waals surface area contributed by atoms with Gasteiger partial charge in [0.15, 0.2) is 10.4 Å². The van der Waals surface area contributed by atoms with Crippen LogP contribution in [0.25, 0.3) is 0 Å². The summed E-state index contributed by atoms with van der Waals surface area (Å²) in [7, 11) is 0. The summed E-state index contributed by atoms with van der Waals surface area (Å²) in [5.74, 6) is -2.42. The number of halogens is 5. The van der Waals surface area contributed by atoms with Crippen LogP contribution in [-0.4, -0.2) is 18.4 Å². The Kier molecular flexibility index (Phi) is 5.83. The van der Waals surface area contributed by atoms with E-state index in [2.05, 4.69) is 26.6 Å². The van der Waals surface area contributed by atoms with Gasteiger partial charge in [0.25, 0.3) is 5.91 Å². The number of carbonyl (C=O) groups excluding carboxylic acids is 2. The molecule has 1 heterocycles. The molecule has 25 heavy (non-hydrogen) atoms. The number of amides is 2. The molecule has 2 rings (SSSR count). The molecule has 2 N–H and O–H groups in total. The van der Waals surface area contributed by atoms with Crippen LogP contribution in [0.4, 0.5) is 17.6 Å². The van der Waals surface area contributed by atoms with Crippen molar-refractivity contribution in [2.45, 2.75) is 12.7 Å². The van der Waals surface area contributed by atoms with Gasteiger partial charge in [0, 0.05) is 6.54 Å². The van der Waals surface area contributed by atoms with Crippen molar-refractivity contribution >= 4 is 27.7 Å². The Labute approximate surface area is 147 Å². The molecule has 10 heteroatoms. The number of furan rings is 1. The third-order valence-electron chi connectivity index (χ3n) is 3.06. The topological polar surface area (TPSA) is 71.3 Å². The lowest BCUT2D eigenvalue weighted by Gasteiger charge is -2.13. The van der Waals surface area contributed by atoms with Crippen LogP contribution in [0.3, 0.4) is 0 Å². The zero-order valence-electron chi connectivity index (χ0n) is 12.4. The third kappa shape index (κ3) is 5.31.